The van der Waals surface area contributed by atoms with Crippen LogP contribution >= 0.6 is 11.3 Å². The van der Waals surface area contributed by atoms with E-state index in [4.69, 9.17) is 5.73 Å². The van der Waals surface area contributed by atoms with Gasteiger partial charge in [0.25, 0.3) is 0 Å². The van der Waals surface area contributed by atoms with E-state index in [1.54, 1.807) is 16.8 Å². The third-order valence-corrected chi connectivity index (χ3v) is 7.06. The number of halogens is 4. The number of carbonyl (C=O) groups excluding carboxylic acids is 1. The summed E-state index contributed by atoms with van der Waals surface area (Å²) in [6, 6.07) is 7.40. The average molecular weight is 516 g/mol. The lowest BCUT2D eigenvalue weighted by Crippen LogP contribution is -2.28. The number of hydrogen-bond acceptors (Lipinski definition) is 6. The second-order valence-electron chi connectivity index (χ2n) is 7.68. The molecule has 0 spiro atoms. The quantitative estimate of drug-likeness (QED) is 0.455. The highest BCUT2D eigenvalue weighted by Gasteiger charge is 2.33. The van der Waals surface area contributed by atoms with E-state index in [0.29, 0.717) is 11.1 Å². The number of amides is 1. The Kier molecular flexibility index (Phi) is 7.44. The fraction of sp³-hybridized carbons (Fsp3) is 0.273. The lowest BCUT2D eigenvalue weighted by molar-refractivity contribution is -0.141. The Bertz CT molecular complexity index is 1290. The number of thiophene rings is 1. The Morgan fingerprint density at radius 2 is 1.91 bits per heavy atom. The van der Waals surface area contributed by atoms with Gasteiger partial charge < -0.3 is 11.1 Å². The number of hydrogen-bond donors (Lipinski definition) is 2. The van der Waals surface area contributed by atoms with E-state index < -0.39 is 44.7 Å². The molecule has 3 aromatic rings. The maximum Gasteiger partial charge on any atom is 0.433 e. The largest absolute Gasteiger partial charge is 0.433 e. The maximum atomic E-state index is 14.5. The van der Waals surface area contributed by atoms with E-state index in [-0.39, 0.29) is 23.4 Å². The highest BCUT2D eigenvalue weighted by atomic mass is 32.2. The van der Waals surface area contributed by atoms with Crippen LogP contribution in [0, 0.1) is 5.82 Å². The van der Waals surface area contributed by atoms with Gasteiger partial charge in [0.15, 0.2) is 9.84 Å². The molecule has 0 aliphatic rings. The third-order valence-electron chi connectivity index (χ3n) is 5.20. The number of pyridine rings is 1. The molecule has 3 rings (SSSR count). The van der Waals surface area contributed by atoms with Crippen LogP contribution in [0.5, 0.6) is 0 Å². The summed E-state index contributed by atoms with van der Waals surface area (Å²) in [6.45, 7) is 1.42. The van der Waals surface area contributed by atoms with Gasteiger partial charge in [0, 0.05) is 29.3 Å². The minimum absolute atomic E-state index is 0.0982. The van der Waals surface area contributed by atoms with Gasteiger partial charge >= 0.3 is 6.18 Å². The van der Waals surface area contributed by atoms with Crippen LogP contribution in [0.1, 0.15) is 40.6 Å². The molecule has 0 fully saturated rings. The number of nitrogens with two attached hydrogens (primary N) is 1. The molecule has 2 heterocycles. The van der Waals surface area contributed by atoms with Gasteiger partial charge in [0.1, 0.15) is 16.9 Å². The number of rotatable bonds is 7. The van der Waals surface area contributed by atoms with Gasteiger partial charge in [-0.3, -0.25) is 4.79 Å². The Balaban J connectivity index is 1.79. The molecule has 0 bridgehead atoms. The summed E-state index contributed by atoms with van der Waals surface area (Å²) >= 11 is 1.30. The van der Waals surface area contributed by atoms with Gasteiger partial charge in [-0.25, -0.2) is 17.8 Å². The first kappa shape index (κ1) is 25.8. The van der Waals surface area contributed by atoms with Gasteiger partial charge in [-0.2, -0.15) is 24.5 Å². The third kappa shape index (κ3) is 5.80. The van der Waals surface area contributed by atoms with E-state index in [0.717, 1.165) is 18.4 Å². The summed E-state index contributed by atoms with van der Waals surface area (Å²) in [7, 11) is -3.72. The van der Waals surface area contributed by atoms with Crippen molar-refractivity contribution in [1.29, 1.82) is 0 Å². The van der Waals surface area contributed by atoms with Crippen LogP contribution in [0.4, 0.5) is 17.6 Å². The lowest BCUT2D eigenvalue weighted by Gasteiger charge is -2.17. The maximum absolute atomic E-state index is 14.5. The van der Waals surface area contributed by atoms with E-state index in [1.165, 1.54) is 36.5 Å². The molecule has 0 aliphatic heterocycles. The molecule has 0 saturated carbocycles. The first-order valence-corrected chi connectivity index (χ1v) is 12.8. The number of nitrogens with zero attached hydrogens (tertiary/aromatic N) is 1. The van der Waals surface area contributed by atoms with Crippen molar-refractivity contribution in [2.75, 3.05) is 6.26 Å². The molecule has 12 heteroatoms. The van der Waals surface area contributed by atoms with Crippen molar-refractivity contribution in [3.63, 3.8) is 0 Å². The molecule has 1 amide bonds. The SMILES string of the molecule is CC(C(=O)NCc1ccc(C(F)(F)F)nc1-c1ccsc1)c1ccc(C(N)S(C)(=O)=O)c(F)c1. The van der Waals surface area contributed by atoms with Crippen LogP contribution in [0.25, 0.3) is 11.3 Å². The summed E-state index contributed by atoms with van der Waals surface area (Å²) < 4.78 is 77.0. The van der Waals surface area contributed by atoms with Crippen molar-refractivity contribution in [1.82, 2.24) is 10.3 Å². The topological polar surface area (TPSA) is 102 Å². The number of carbonyl (C=O) groups is 1. The van der Waals surface area contributed by atoms with Gasteiger partial charge in [-0.1, -0.05) is 18.2 Å². The van der Waals surface area contributed by atoms with Crippen LogP contribution in [0.2, 0.25) is 0 Å². The van der Waals surface area contributed by atoms with Crippen LogP contribution in [-0.2, 0) is 27.4 Å². The van der Waals surface area contributed by atoms with E-state index in [9.17, 15) is 30.8 Å². The summed E-state index contributed by atoms with van der Waals surface area (Å²) in [5, 5.41) is 4.46. The highest BCUT2D eigenvalue weighted by molar-refractivity contribution is 7.90. The number of alkyl halides is 3. The van der Waals surface area contributed by atoms with E-state index >= 15 is 0 Å². The zero-order chi connectivity index (χ0) is 25.3. The molecule has 0 radical (unpaired) electrons. The van der Waals surface area contributed by atoms with Crippen molar-refractivity contribution in [2.45, 2.75) is 30.9 Å². The first-order chi connectivity index (χ1) is 15.8. The van der Waals surface area contributed by atoms with Crippen LogP contribution in [0.15, 0.2) is 47.2 Å². The predicted octanol–water partition coefficient (Wildman–Crippen LogP) is 4.39. The smallest absolute Gasteiger partial charge is 0.351 e. The molecular weight excluding hydrogens is 494 g/mol. The molecule has 2 aromatic heterocycles. The second kappa shape index (κ2) is 9.80. The molecule has 2 unspecified atom stereocenters. The van der Waals surface area contributed by atoms with Crippen molar-refractivity contribution < 1.29 is 30.8 Å². The van der Waals surface area contributed by atoms with Crippen LogP contribution in [-0.4, -0.2) is 25.6 Å². The van der Waals surface area contributed by atoms with Crippen LogP contribution < -0.4 is 11.1 Å². The summed E-state index contributed by atoms with van der Waals surface area (Å²) in [4.78, 5) is 16.4. The Hall–Kier alpha value is -2.83. The zero-order valence-electron chi connectivity index (χ0n) is 18.1. The predicted molar refractivity (Wildman–Crippen MR) is 121 cm³/mol. The molecule has 182 valence electrons. The van der Waals surface area contributed by atoms with Gasteiger partial charge in [-0.05, 0) is 41.6 Å². The standard InChI is InChI=1S/C22H21F4N3O3S2/c1-12(13-3-5-16(17(23)9-13)20(27)34(2,31)32)21(30)28-10-14-4-6-18(22(24,25)26)29-19(14)15-7-8-33-11-15/h3-9,11-12,20H,10,27H2,1-2H3,(H,28,30). The molecule has 34 heavy (non-hydrogen) atoms. The first-order valence-electron chi connectivity index (χ1n) is 9.90. The van der Waals surface area contributed by atoms with E-state index in [2.05, 4.69) is 10.3 Å². The van der Waals surface area contributed by atoms with E-state index in [1.807, 2.05) is 0 Å². The molecule has 3 N–H and O–H groups in total. The molecule has 0 aliphatic carbocycles. The zero-order valence-corrected chi connectivity index (χ0v) is 19.7. The number of sulfone groups is 1. The number of benzene rings is 1. The van der Waals surface area contributed by atoms with Crippen LogP contribution in [0.3, 0.4) is 0 Å². The Labute approximate surface area is 197 Å². The number of aromatic nitrogens is 1. The van der Waals surface area contributed by atoms with Gasteiger partial charge in [0.05, 0.1) is 11.6 Å². The van der Waals surface area contributed by atoms with Crippen molar-refractivity contribution >= 4 is 27.1 Å². The molecule has 0 saturated heterocycles. The fourth-order valence-corrected chi connectivity index (χ4v) is 4.49. The van der Waals surface area contributed by atoms with Crippen molar-refractivity contribution in [2.24, 2.45) is 5.73 Å². The Morgan fingerprint density at radius 1 is 1.21 bits per heavy atom. The summed E-state index contributed by atoms with van der Waals surface area (Å²) in [6.07, 6.45) is -3.72. The van der Waals surface area contributed by atoms with Gasteiger partial charge in [-0.15, -0.1) is 0 Å². The summed E-state index contributed by atoms with van der Waals surface area (Å²) in [5.74, 6) is -2.19. The normalized spacial score (nSPS) is 14.0. The molecule has 2 atom stereocenters. The molecule has 1 aromatic carbocycles. The lowest BCUT2D eigenvalue weighted by atomic mass is 9.98. The second-order valence-corrected chi connectivity index (χ2v) is 10.6. The van der Waals surface area contributed by atoms with Crippen molar-refractivity contribution in [3.8, 4) is 11.3 Å². The fourth-order valence-electron chi connectivity index (χ4n) is 3.20. The monoisotopic (exact) mass is 515 g/mol. The minimum atomic E-state index is -4.61. The minimum Gasteiger partial charge on any atom is -0.351 e. The Morgan fingerprint density at radius 3 is 2.47 bits per heavy atom. The molecule has 6 nitrogen and oxygen atoms in total. The molecular formula is C22H21F4N3O3S2. The van der Waals surface area contributed by atoms with Crippen molar-refractivity contribution in [3.05, 3.63) is 75.4 Å². The highest BCUT2D eigenvalue weighted by Crippen LogP contribution is 2.32. The van der Waals surface area contributed by atoms with Gasteiger partial charge in [0.2, 0.25) is 5.91 Å². The summed E-state index contributed by atoms with van der Waals surface area (Å²) in [5.41, 5.74) is 5.59. The average Bonchev–Trinajstić information content (AvgIpc) is 3.29. The number of nitrogens with one attached hydrogen (secondary N) is 1.